The number of phenols is 1. The highest BCUT2D eigenvalue weighted by Crippen LogP contribution is 2.35. The fourth-order valence-corrected chi connectivity index (χ4v) is 3.54. The van der Waals surface area contributed by atoms with Crippen LogP contribution in [0.2, 0.25) is 0 Å². The van der Waals surface area contributed by atoms with Crippen molar-refractivity contribution in [2.75, 3.05) is 22.9 Å². The maximum atomic E-state index is 12.5. The quantitative estimate of drug-likeness (QED) is 0.253. The van der Waals surface area contributed by atoms with Gasteiger partial charge in [-0.15, -0.1) is 0 Å². The van der Waals surface area contributed by atoms with Gasteiger partial charge in [0.2, 0.25) is 5.91 Å². The van der Waals surface area contributed by atoms with Crippen LogP contribution in [0.4, 0.5) is 17.2 Å². The highest BCUT2D eigenvalue weighted by Gasteiger charge is 2.18. The number of aromatic hydroxyl groups is 1. The summed E-state index contributed by atoms with van der Waals surface area (Å²) in [5.74, 6) is 0.123. The van der Waals surface area contributed by atoms with Crippen molar-refractivity contribution in [1.29, 1.82) is 0 Å². The van der Waals surface area contributed by atoms with Crippen LogP contribution in [0.5, 0.6) is 5.75 Å². The van der Waals surface area contributed by atoms with Crippen LogP contribution in [0.15, 0.2) is 73.7 Å². The van der Waals surface area contributed by atoms with Crippen molar-refractivity contribution < 1.29 is 9.90 Å². The third-order valence-corrected chi connectivity index (χ3v) is 5.10. The van der Waals surface area contributed by atoms with Crippen molar-refractivity contribution in [2.45, 2.75) is 6.54 Å². The van der Waals surface area contributed by atoms with Gasteiger partial charge in [-0.25, -0.2) is 9.97 Å². The predicted molar refractivity (Wildman–Crippen MR) is 122 cm³/mol. The van der Waals surface area contributed by atoms with Crippen LogP contribution in [0.3, 0.4) is 0 Å². The molecule has 2 aromatic heterocycles. The summed E-state index contributed by atoms with van der Waals surface area (Å²) in [7, 11) is 0. The molecule has 0 bridgehead atoms. The van der Waals surface area contributed by atoms with Crippen molar-refractivity contribution in [3.8, 4) is 16.9 Å². The van der Waals surface area contributed by atoms with Gasteiger partial charge in [0.1, 0.15) is 23.5 Å². The van der Waals surface area contributed by atoms with Crippen molar-refractivity contribution in [3.63, 3.8) is 0 Å². The minimum atomic E-state index is -0.194. The number of nitrogen functional groups attached to an aromatic ring is 2. The summed E-state index contributed by atoms with van der Waals surface area (Å²) in [6.07, 6.45) is 4.59. The lowest BCUT2D eigenvalue weighted by Gasteiger charge is -2.21. The van der Waals surface area contributed by atoms with Crippen LogP contribution in [-0.2, 0) is 11.3 Å². The van der Waals surface area contributed by atoms with Gasteiger partial charge in [0.25, 0.3) is 0 Å². The number of fused-ring (bicyclic) bond motifs is 1. The second-order valence-electron chi connectivity index (χ2n) is 7.00. The third kappa shape index (κ3) is 3.78. The van der Waals surface area contributed by atoms with Crippen molar-refractivity contribution in [1.82, 2.24) is 14.5 Å². The maximum absolute atomic E-state index is 12.5. The molecule has 0 aliphatic heterocycles. The molecule has 4 aromatic rings. The van der Waals surface area contributed by atoms with Gasteiger partial charge in [-0.05, 0) is 35.9 Å². The molecule has 31 heavy (non-hydrogen) atoms. The van der Waals surface area contributed by atoms with E-state index < -0.39 is 0 Å². The van der Waals surface area contributed by atoms with Gasteiger partial charge in [-0.1, -0.05) is 30.8 Å². The zero-order valence-corrected chi connectivity index (χ0v) is 16.8. The second-order valence-corrected chi connectivity index (χ2v) is 7.00. The molecule has 2 heterocycles. The number of aromatic nitrogens is 3. The Kier molecular flexibility index (Phi) is 5.28. The number of anilines is 3. The van der Waals surface area contributed by atoms with Crippen LogP contribution in [0, 0.1) is 0 Å². The van der Waals surface area contributed by atoms with Gasteiger partial charge in [0.05, 0.1) is 11.1 Å². The summed E-state index contributed by atoms with van der Waals surface area (Å²) in [6, 6.07) is 14.4. The highest BCUT2D eigenvalue weighted by atomic mass is 16.3. The lowest BCUT2D eigenvalue weighted by atomic mass is 10.1. The van der Waals surface area contributed by atoms with E-state index in [9.17, 15) is 9.90 Å². The predicted octanol–water partition coefficient (Wildman–Crippen LogP) is 3.19. The Balaban J connectivity index is 1.74. The first-order chi connectivity index (χ1) is 15.0. The molecular formula is C23H22N6O2. The summed E-state index contributed by atoms with van der Waals surface area (Å²) in [5, 5.41) is 10.7. The lowest BCUT2D eigenvalue weighted by molar-refractivity contribution is -0.114. The topological polar surface area (TPSA) is 123 Å². The number of nitrogens with two attached hydrogens (primary N) is 2. The summed E-state index contributed by atoms with van der Waals surface area (Å²) in [5.41, 5.74) is 15.1. The summed E-state index contributed by atoms with van der Waals surface area (Å²) >= 11 is 0. The molecule has 0 aliphatic carbocycles. The van der Waals surface area contributed by atoms with E-state index in [1.807, 2.05) is 41.1 Å². The Hall–Kier alpha value is -4.33. The van der Waals surface area contributed by atoms with Crippen molar-refractivity contribution in [2.24, 2.45) is 0 Å². The molecule has 0 spiro atoms. The number of nitrogens with zero attached hydrogens (tertiary/aromatic N) is 4. The highest BCUT2D eigenvalue weighted by molar-refractivity contribution is 6.02. The van der Waals surface area contributed by atoms with E-state index in [1.165, 1.54) is 12.4 Å². The first-order valence-electron chi connectivity index (χ1n) is 9.66. The van der Waals surface area contributed by atoms with Crippen LogP contribution in [-0.4, -0.2) is 32.1 Å². The number of benzene rings is 2. The van der Waals surface area contributed by atoms with E-state index in [0.717, 1.165) is 16.8 Å². The number of hydrogen-bond acceptors (Lipinski definition) is 6. The standard InChI is InChI=1S/C23H22N6O2/c1-2-20(31)29(16-6-4-3-5-7-16)11-10-28-13-17(15-8-9-18(24)19(30)12-15)21-22(25)26-14-27-23(21)28/h2-9,12-14,30H,1,10-11,24H2,(H2,25,26,27). The van der Waals surface area contributed by atoms with E-state index in [-0.39, 0.29) is 17.3 Å². The van der Waals surface area contributed by atoms with Crippen molar-refractivity contribution in [3.05, 3.63) is 73.7 Å². The van der Waals surface area contributed by atoms with Gasteiger partial charge in [0.15, 0.2) is 0 Å². The fourth-order valence-electron chi connectivity index (χ4n) is 3.54. The molecule has 2 aromatic carbocycles. The van der Waals surface area contributed by atoms with Gasteiger partial charge in [-0.3, -0.25) is 4.79 Å². The number of hydrogen-bond donors (Lipinski definition) is 3. The normalized spacial score (nSPS) is 10.8. The number of carbonyl (C=O) groups excluding carboxylic acids is 1. The number of para-hydroxylation sites is 1. The Morgan fingerprint density at radius 1 is 1.16 bits per heavy atom. The SMILES string of the molecule is C=CC(=O)N(CCn1cc(-c2ccc(N)c(O)c2)c2c(N)ncnc21)c1ccccc1. The van der Waals surface area contributed by atoms with Crippen LogP contribution < -0.4 is 16.4 Å². The summed E-state index contributed by atoms with van der Waals surface area (Å²) in [4.78, 5) is 22.6. The smallest absolute Gasteiger partial charge is 0.250 e. The lowest BCUT2D eigenvalue weighted by Crippen LogP contribution is -2.32. The first-order valence-corrected chi connectivity index (χ1v) is 9.66. The molecule has 8 heteroatoms. The Labute approximate surface area is 179 Å². The molecular weight excluding hydrogens is 392 g/mol. The van der Waals surface area contributed by atoms with Crippen LogP contribution in [0.1, 0.15) is 0 Å². The van der Waals surface area contributed by atoms with Gasteiger partial charge >= 0.3 is 0 Å². The maximum Gasteiger partial charge on any atom is 0.250 e. The zero-order valence-electron chi connectivity index (χ0n) is 16.8. The molecule has 0 fully saturated rings. The number of rotatable bonds is 6. The van der Waals surface area contributed by atoms with E-state index in [2.05, 4.69) is 16.5 Å². The number of carbonyl (C=O) groups is 1. The number of amides is 1. The Morgan fingerprint density at radius 2 is 1.94 bits per heavy atom. The number of phenolic OH excluding ortho intramolecular Hbond substituents is 1. The average Bonchev–Trinajstić information content (AvgIpc) is 3.16. The monoisotopic (exact) mass is 414 g/mol. The Bertz CT molecular complexity index is 1270. The molecule has 0 saturated carbocycles. The molecule has 0 unspecified atom stereocenters. The first kappa shape index (κ1) is 20.0. The third-order valence-electron chi connectivity index (χ3n) is 5.10. The van der Waals surface area contributed by atoms with E-state index in [4.69, 9.17) is 11.5 Å². The molecule has 5 N–H and O–H groups in total. The van der Waals surface area contributed by atoms with E-state index >= 15 is 0 Å². The van der Waals surface area contributed by atoms with E-state index in [1.54, 1.807) is 23.1 Å². The summed E-state index contributed by atoms with van der Waals surface area (Å²) in [6.45, 7) is 4.47. The zero-order chi connectivity index (χ0) is 22.0. The average molecular weight is 414 g/mol. The van der Waals surface area contributed by atoms with Crippen molar-refractivity contribution >= 4 is 34.1 Å². The minimum absolute atomic E-state index is 0.0133. The Morgan fingerprint density at radius 3 is 2.65 bits per heavy atom. The molecule has 0 aliphatic rings. The largest absolute Gasteiger partial charge is 0.506 e. The minimum Gasteiger partial charge on any atom is -0.506 e. The summed E-state index contributed by atoms with van der Waals surface area (Å²) < 4.78 is 1.92. The van der Waals surface area contributed by atoms with Gasteiger partial charge in [-0.2, -0.15) is 0 Å². The molecule has 1 amide bonds. The van der Waals surface area contributed by atoms with Gasteiger partial charge in [0, 0.05) is 30.5 Å². The van der Waals surface area contributed by atoms with Crippen LogP contribution >= 0.6 is 0 Å². The second kappa shape index (κ2) is 8.19. The van der Waals surface area contributed by atoms with E-state index in [0.29, 0.717) is 29.9 Å². The molecule has 0 radical (unpaired) electrons. The molecule has 156 valence electrons. The molecule has 0 atom stereocenters. The van der Waals surface area contributed by atoms with Crippen LogP contribution in [0.25, 0.3) is 22.2 Å². The molecule has 4 rings (SSSR count). The van der Waals surface area contributed by atoms with Gasteiger partial charge < -0.3 is 26.0 Å². The molecule has 0 saturated heterocycles. The fraction of sp³-hybridized carbons (Fsp3) is 0.0870. The molecule has 8 nitrogen and oxygen atoms in total.